The van der Waals surface area contributed by atoms with E-state index in [9.17, 15) is 0 Å². The summed E-state index contributed by atoms with van der Waals surface area (Å²) in [4.78, 5) is 11.5. The minimum absolute atomic E-state index is 0.322. The molecule has 1 atom stereocenters. The summed E-state index contributed by atoms with van der Waals surface area (Å²) < 4.78 is 11.3. The van der Waals surface area contributed by atoms with E-state index < -0.39 is 5.79 Å². The molecule has 29 heavy (non-hydrogen) atoms. The molecule has 5 nitrogen and oxygen atoms in total. The van der Waals surface area contributed by atoms with E-state index >= 15 is 0 Å². The Labute approximate surface area is 176 Å². The third-order valence-electron chi connectivity index (χ3n) is 5.63. The van der Waals surface area contributed by atoms with Crippen LogP contribution < -0.4 is 10.1 Å². The van der Waals surface area contributed by atoms with Crippen LogP contribution in [0.1, 0.15) is 31.2 Å². The second kappa shape index (κ2) is 8.76. The van der Waals surface area contributed by atoms with Gasteiger partial charge in [0.05, 0.1) is 13.7 Å². The van der Waals surface area contributed by atoms with Gasteiger partial charge < -0.3 is 14.8 Å². The molecule has 1 aliphatic heterocycles. The van der Waals surface area contributed by atoms with Crippen molar-refractivity contribution in [3.8, 4) is 5.75 Å². The lowest BCUT2D eigenvalue weighted by Crippen LogP contribution is -2.49. The van der Waals surface area contributed by atoms with Crippen LogP contribution in [0.4, 0.5) is 5.69 Å². The first-order valence-electron chi connectivity index (χ1n) is 9.91. The minimum atomic E-state index is -0.658. The van der Waals surface area contributed by atoms with Gasteiger partial charge in [-0.15, -0.1) is 0 Å². The lowest BCUT2D eigenvalue weighted by atomic mass is 9.89. The minimum Gasteiger partial charge on any atom is -0.497 e. The summed E-state index contributed by atoms with van der Waals surface area (Å²) in [6.45, 7) is 4.56. The SMILES string of the molecule is C=C(c1ccc(Cl)cc1)C1COC2(CCC(Nc3ccc(OC)cc3)CC2)OO1. The van der Waals surface area contributed by atoms with Crippen molar-refractivity contribution in [1.29, 1.82) is 0 Å². The predicted molar refractivity (Wildman–Crippen MR) is 114 cm³/mol. The van der Waals surface area contributed by atoms with Crippen molar-refractivity contribution < 1.29 is 19.2 Å². The number of nitrogens with one attached hydrogen (secondary N) is 1. The standard InChI is InChI=1S/C23H26ClNO4/c1-16(17-3-5-18(24)6-4-17)22-15-27-23(29-28-22)13-11-20(12-14-23)25-19-7-9-21(26-2)10-8-19/h3-10,20,22,25H,1,11-15H2,2H3. The first-order valence-corrected chi connectivity index (χ1v) is 10.3. The molecule has 154 valence electrons. The van der Waals surface area contributed by atoms with Gasteiger partial charge in [-0.05, 0) is 60.4 Å². The molecule has 6 heteroatoms. The molecule has 0 bridgehead atoms. The van der Waals surface area contributed by atoms with Crippen LogP contribution in [-0.4, -0.2) is 31.6 Å². The van der Waals surface area contributed by atoms with E-state index in [1.807, 2.05) is 48.5 Å². The van der Waals surface area contributed by atoms with Gasteiger partial charge in [-0.2, -0.15) is 0 Å². The Kier molecular flexibility index (Phi) is 6.11. The molecule has 1 heterocycles. The first-order chi connectivity index (χ1) is 14.1. The van der Waals surface area contributed by atoms with Gasteiger partial charge >= 0.3 is 0 Å². The maximum Gasteiger partial charge on any atom is 0.201 e. The van der Waals surface area contributed by atoms with Crippen LogP contribution in [0, 0.1) is 0 Å². The zero-order valence-corrected chi connectivity index (χ0v) is 17.3. The molecule has 4 rings (SSSR count). The quantitative estimate of drug-likeness (QED) is 0.657. The predicted octanol–water partition coefficient (Wildman–Crippen LogP) is 5.46. The molecule has 1 saturated heterocycles. The van der Waals surface area contributed by atoms with E-state index in [-0.39, 0.29) is 6.10 Å². The number of methoxy groups -OCH3 is 1. The van der Waals surface area contributed by atoms with Crippen molar-refractivity contribution in [2.24, 2.45) is 0 Å². The molecule has 2 aromatic rings. The third kappa shape index (κ3) is 4.75. The highest BCUT2D eigenvalue weighted by Gasteiger charge is 2.43. The maximum atomic E-state index is 6.14. The lowest BCUT2D eigenvalue weighted by molar-refractivity contribution is -0.483. The number of benzene rings is 2. The fraction of sp³-hybridized carbons (Fsp3) is 0.391. The van der Waals surface area contributed by atoms with Gasteiger partial charge in [0.25, 0.3) is 0 Å². The first kappa shape index (κ1) is 20.2. The van der Waals surface area contributed by atoms with Gasteiger partial charge in [-0.1, -0.05) is 30.3 Å². The van der Waals surface area contributed by atoms with Crippen molar-refractivity contribution in [3.63, 3.8) is 0 Å². The van der Waals surface area contributed by atoms with E-state index in [1.54, 1.807) is 7.11 Å². The van der Waals surface area contributed by atoms with Crippen molar-refractivity contribution >= 4 is 22.9 Å². The van der Waals surface area contributed by atoms with Crippen LogP contribution in [-0.2, 0) is 14.5 Å². The van der Waals surface area contributed by atoms with E-state index in [4.69, 9.17) is 30.8 Å². The molecule has 1 N–H and O–H groups in total. The van der Waals surface area contributed by atoms with E-state index in [0.29, 0.717) is 17.7 Å². The summed E-state index contributed by atoms with van der Waals surface area (Å²) in [6.07, 6.45) is 3.12. The lowest BCUT2D eigenvalue weighted by Gasteiger charge is -2.43. The Morgan fingerprint density at radius 3 is 2.38 bits per heavy atom. The average molecular weight is 416 g/mol. The van der Waals surface area contributed by atoms with E-state index in [2.05, 4.69) is 11.9 Å². The fourth-order valence-corrected chi connectivity index (χ4v) is 3.91. The van der Waals surface area contributed by atoms with Crippen LogP contribution in [0.25, 0.3) is 5.57 Å². The van der Waals surface area contributed by atoms with Crippen molar-refractivity contribution in [2.45, 2.75) is 43.6 Å². The molecule has 1 saturated carbocycles. The summed E-state index contributed by atoms with van der Waals surface area (Å²) in [5.41, 5.74) is 2.88. The maximum absolute atomic E-state index is 6.14. The number of ether oxygens (including phenoxy) is 2. The molecule has 1 aliphatic carbocycles. The Bertz CT molecular complexity index is 819. The molecule has 2 aliphatic rings. The molecular formula is C23H26ClNO4. The number of anilines is 1. The molecule has 2 aromatic carbocycles. The average Bonchev–Trinajstić information content (AvgIpc) is 2.77. The van der Waals surface area contributed by atoms with Gasteiger partial charge in [-0.3, -0.25) is 0 Å². The van der Waals surface area contributed by atoms with Gasteiger partial charge in [-0.25, -0.2) is 9.78 Å². The summed E-state index contributed by atoms with van der Waals surface area (Å²) in [6, 6.07) is 15.9. The highest BCUT2D eigenvalue weighted by atomic mass is 35.5. The summed E-state index contributed by atoms with van der Waals surface area (Å²) in [7, 11) is 1.67. The van der Waals surface area contributed by atoms with Gasteiger partial charge in [0, 0.05) is 29.6 Å². The van der Waals surface area contributed by atoms with Gasteiger partial charge in [0.1, 0.15) is 11.9 Å². The molecule has 2 fully saturated rings. The number of halogens is 1. The number of hydrogen-bond donors (Lipinski definition) is 1. The molecule has 0 radical (unpaired) electrons. The third-order valence-corrected chi connectivity index (χ3v) is 5.88. The number of rotatable bonds is 5. The summed E-state index contributed by atoms with van der Waals surface area (Å²) in [5, 5.41) is 4.27. The Morgan fingerprint density at radius 2 is 1.79 bits per heavy atom. The van der Waals surface area contributed by atoms with Gasteiger partial charge in [0.15, 0.2) is 0 Å². The Balaban J connectivity index is 1.27. The zero-order chi connectivity index (χ0) is 20.3. The fourth-order valence-electron chi connectivity index (χ4n) is 3.79. The normalized spacial score (nSPS) is 26.8. The molecule has 0 amide bonds. The second-order valence-electron chi connectivity index (χ2n) is 7.57. The Hall–Kier alpha value is -2.05. The summed E-state index contributed by atoms with van der Waals surface area (Å²) in [5.74, 6) is 0.198. The van der Waals surface area contributed by atoms with Crippen LogP contribution in [0.2, 0.25) is 5.02 Å². The van der Waals surface area contributed by atoms with Gasteiger partial charge in [0.2, 0.25) is 5.79 Å². The zero-order valence-electron chi connectivity index (χ0n) is 16.5. The number of hydrogen-bond acceptors (Lipinski definition) is 5. The monoisotopic (exact) mass is 415 g/mol. The highest BCUT2D eigenvalue weighted by molar-refractivity contribution is 6.30. The van der Waals surface area contributed by atoms with Crippen molar-refractivity contribution in [2.75, 3.05) is 19.0 Å². The topological polar surface area (TPSA) is 49.0 Å². The molecule has 1 spiro atoms. The van der Waals surface area contributed by atoms with Crippen LogP contribution in [0.3, 0.4) is 0 Å². The highest BCUT2D eigenvalue weighted by Crippen LogP contribution is 2.38. The smallest absolute Gasteiger partial charge is 0.201 e. The van der Waals surface area contributed by atoms with Crippen molar-refractivity contribution in [1.82, 2.24) is 0 Å². The molecule has 0 aromatic heterocycles. The van der Waals surface area contributed by atoms with E-state index in [0.717, 1.165) is 48.3 Å². The largest absolute Gasteiger partial charge is 0.497 e. The second-order valence-corrected chi connectivity index (χ2v) is 8.01. The van der Waals surface area contributed by atoms with E-state index in [1.165, 1.54) is 0 Å². The molecule has 1 unspecified atom stereocenters. The van der Waals surface area contributed by atoms with Crippen LogP contribution in [0.15, 0.2) is 55.1 Å². The van der Waals surface area contributed by atoms with Crippen molar-refractivity contribution in [3.05, 3.63) is 65.7 Å². The molecular weight excluding hydrogens is 390 g/mol. The Morgan fingerprint density at radius 1 is 1.10 bits per heavy atom. The van der Waals surface area contributed by atoms with Crippen LogP contribution in [0.5, 0.6) is 5.75 Å². The van der Waals surface area contributed by atoms with Crippen LogP contribution >= 0.6 is 11.6 Å². The summed E-state index contributed by atoms with van der Waals surface area (Å²) >= 11 is 5.95.